The third-order valence-corrected chi connectivity index (χ3v) is 2.67. The molecule has 0 amide bonds. The molecule has 70 valence electrons. The Hall–Kier alpha value is -1.18. The minimum absolute atomic E-state index is 0.286. The van der Waals surface area contributed by atoms with E-state index in [4.69, 9.17) is 9.84 Å². The molecule has 1 fully saturated rings. The maximum absolute atomic E-state index is 9.06. The second kappa shape index (κ2) is 3.29. The lowest BCUT2D eigenvalue weighted by atomic mass is 9.83. The molecule has 1 N–H and O–H groups in total. The average molecular weight is 178 g/mol. The van der Waals surface area contributed by atoms with E-state index in [-0.39, 0.29) is 5.75 Å². The van der Waals surface area contributed by atoms with E-state index in [0.29, 0.717) is 12.0 Å². The van der Waals surface area contributed by atoms with Crippen LogP contribution in [0, 0.1) is 5.92 Å². The topological polar surface area (TPSA) is 29.5 Å². The number of ether oxygens (including phenoxy) is 1. The number of phenolic OH excluding ortho intramolecular Hbond substituents is 1. The van der Waals surface area contributed by atoms with Crippen LogP contribution < -0.4 is 4.74 Å². The second-order valence-corrected chi connectivity index (χ2v) is 3.70. The van der Waals surface area contributed by atoms with Gasteiger partial charge in [-0.2, -0.15) is 0 Å². The minimum atomic E-state index is 0.286. The number of hydrogen-bond acceptors (Lipinski definition) is 2. The van der Waals surface area contributed by atoms with Gasteiger partial charge >= 0.3 is 0 Å². The second-order valence-electron chi connectivity index (χ2n) is 3.70. The molecule has 0 saturated heterocycles. The first-order valence-electron chi connectivity index (χ1n) is 4.71. The Morgan fingerprint density at radius 1 is 1.23 bits per heavy atom. The molecule has 2 heteroatoms. The van der Waals surface area contributed by atoms with E-state index in [1.807, 2.05) is 0 Å². The fourth-order valence-electron chi connectivity index (χ4n) is 1.51. The van der Waals surface area contributed by atoms with E-state index >= 15 is 0 Å². The number of aromatic hydroxyl groups is 1. The van der Waals surface area contributed by atoms with Crippen molar-refractivity contribution in [3.05, 3.63) is 24.3 Å². The van der Waals surface area contributed by atoms with Crippen LogP contribution in [0.5, 0.6) is 11.5 Å². The smallest absolute Gasteiger partial charge is 0.120 e. The summed E-state index contributed by atoms with van der Waals surface area (Å²) in [6.45, 7) is 2.20. The fraction of sp³-hybridized carbons (Fsp3) is 0.455. The van der Waals surface area contributed by atoms with Crippen LogP contribution in [0.4, 0.5) is 0 Å². The van der Waals surface area contributed by atoms with Crippen LogP contribution in [-0.2, 0) is 0 Å². The summed E-state index contributed by atoms with van der Waals surface area (Å²) < 4.78 is 5.71. The zero-order chi connectivity index (χ0) is 9.26. The van der Waals surface area contributed by atoms with Crippen molar-refractivity contribution in [2.75, 3.05) is 0 Å². The molecule has 13 heavy (non-hydrogen) atoms. The number of rotatable bonds is 2. The average Bonchev–Trinajstić information content (AvgIpc) is 2.15. The van der Waals surface area contributed by atoms with Crippen LogP contribution in [0.1, 0.15) is 19.8 Å². The molecule has 0 bridgehead atoms. The highest BCUT2D eigenvalue weighted by molar-refractivity contribution is 5.30. The molecule has 1 saturated carbocycles. The van der Waals surface area contributed by atoms with Crippen molar-refractivity contribution in [2.24, 2.45) is 5.92 Å². The highest BCUT2D eigenvalue weighted by atomic mass is 16.5. The van der Waals surface area contributed by atoms with Crippen molar-refractivity contribution in [3.8, 4) is 11.5 Å². The molecule has 0 spiro atoms. The maximum Gasteiger partial charge on any atom is 0.120 e. The van der Waals surface area contributed by atoms with Gasteiger partial charge < -0.3 is 9.84 Å². The molecule has 2 atom stereocenters. The standard InChI is InChI=1S/C11H14O2/c1-8-2-7-11(8)13-10-5-3-9(12)4-6-10/h3-6,8,11-12H,2,7H2,1H3. The van der Waals surface area contributed by atoms with Crippen LogP contribution >= 0.6 is 0 Å². The quantitative estimate of drug-likeness (QED) is 0.754. The third-order valence-electron chi connectivity index (χ3n) is 2.67. The van der Waals surface area contributed by atoms with Gasteiger partial charge in [-0.3, -0.25) is 0 Å². The Morgan fingerprint density at radius 3 is 2.38 bits per heavy atom. The third kappa shape index (κ3) is 1.77. The monoisotopic (exact) mass is 178 g/mol. The molecule has 2 unspecified atom stereocenters. The summed E-state index contributed by atoms with van der Waals surface area (Å²) in [7, 11) is 0. The predicted octanol–water partition coefficient (Wildman–Crippen LogP) is 2.57. The molecule has 1 aromatic carbocycles. The first-order valence-corrected chi connectivity index (χ1v) is 4.71. The first-order chi connectivity index (χ1) is 6.25. The van der Waals surface area contributed by atoms with Gasteiger partial charge in [-0.05, 0) is 43.0 Å². The Kier molecular flexibility index (Phi) is 2.13. The predicted molar refractivity (Wildman–Crippen MR) is 50.9 cm³/mol. The Morgan fingerprint density at radius 2 is 1.92 bits per heavy atom. The zero-order valence-electron chi connectivity index (χ0n) is 7.73. The van der Waals surface area contributed by atoms with E-state index in [0.717, 1.165) is 12.2 Å². The van der Waals surface area contributed by atoms with E-state index in [1.54, 1.807) is 24.3 Å². The van der Waals surface area contributed by atoms with Gasteiger partial charge in [0.2, 0.25) is 0 Å². The molecule has 1 aromatic rings. The van der Waals surface area contributed by atoms with Crippen LogP contribution in [0.2, 0.25) is 0 Å². The molecule has 0 heterocycles. The van der Waals surface area contributed by atoms with Crippen LogP contribution in [0.15, 0.2) is 24.3 Å². The lowest BCUT2D eigenvalue weighted by Gasteiger charge is -2.33. The van der Waals surface area contributed by atoms with Crippen molar-refractivity contribution in [1.82, 2.24) is 0 Å². The highest BCUT2D eigenvalue weighted by Gasteiger charge is 2.28. The maximum atomic E-state index is 9.06. The van der Waals surface area contributed by atoms with Gasteiger partial charge in [0.15, 0.2) is 0 Å². The van der Waals surface area contributed by atoms with Crippen molar-refractivity contribution in [3.63, 3.8) is 0 Å². The normalized spacial score (nSPS) is 26.5. The van der Waals surface area contributed by atoms with Crippen molar-refractivity contribution >= 4 is 0 Å². The summed E-state index contributed by atoms with van der Waals surface area (Å²) in [5, 5.41) is 9.06. The summed E-state index contributed by atoms with van der Waals surface area (Å²) >= 11 is 0. The lowest BCUT2D eigenvalue weighted by Crippen LogP contribution is -2.34. The fourth-order valence-corrected chi connectivity index (χ4v) is 1.51. The van der Waals surface area contributed by atoms with Gasteiger partial charge in [-0.15, -0.1) is 0 Å². The summed E-state index contributed by atoms with van der Waals surface area (Å²) in [6, 6.07) is 6.91. The van der Waals surface area contributed by atoms with E-state index in [2.05, 4.69) is 6.92 Å². The summed E-state index contributed by atoms with van der Waals surface area (Å²) in [5.41, 5.74) is 0. The summed E-state index contributed by atoms with van der Waals surface area (Å²) in [5.74, 6) is 1.82. The van der Waals surface area contributed by atoms with Gasteiger partial charge in [0.1, 0.15) is 17.6 Å². The molecule has 2 rings (SSSR count). The van der Waals surface area contributed by atoms with E-state index in [9.17, 15) is 0 Å². The Labute approximate surface area is 78.2 Å². The molecule has 0 aromatic heterocycles. The van der Waals surface area contributed by atoms with Gasteiger partial charge in [-0.25, -0.2) is 0 Å². The van der Waals surface area contributed by atoms with Crippen molar-refractivity contribution < 1.29 is 9.84 Å². The lowest BCUT2D eigenvalue weighted by molar-refractivity contribution is 0.0576. The molecule has 2 nitrogen and oxygen atoms in total. The Bertz CT molecular complexity index is 279. The summed E-state index contributed by atoms with van der Waals surface area (Å²) in [6.07, 6.45) is 2.80. The molecule has 1 aliphatic rings. The van der Waals surface area contributed by atoms with Gasteiger partial charge in [0.25, 0.3) is 0 Å². The molecule has 1 aliphatic carbocycles. The summed E-state index contributed by atoms with van der Waals surface area (Å²) in [4.78, 5) is 0. The van der Waals surface area contributed by atoms with Crippen LogP contribution in [-0.4, -0.2) is 11.2 Å². The number of hydrogen-bond donors (Lipinski definition) is 1. The van der Waals surface area contributed by atoms with E-state index in [1.165, 1.54) is 6.42 Å². The largest absolute Gasteiger partial charge is 0.508 e. The zero-order valence-corrected chi connectivity index (χ0v) is 7.73. The van der Waals surface area contributed by atoms with Crippen molar-refractivity contribution in [2.45, 2.75) is 25.9 Å². The molecule has 0 radical (unpaired) electrons. The van der Waals surface area contributed by atoms with Crippen LogP contribution in [0.3, 0.4) is 0 Å². The van der Waals surface area contributed by atoms with Gasteiger partial charge in [0, 0.05) is 0 Å². The Balaban J connectivity index is 1.98. The van der Waals surface area contributed by atoms with Crippen LogP contribution in [0.25, 0.3) is 0 Å². The van der Waals surface area contributed by atoms with Crippen molar-refractivity contribution in [1.29, 1.82) is 0 Å². The van der Waals surface area contributed by atoms with Gasteiger partial charge in [0.05, 0.1) is 0 Å². The number of phenols is 1. The minimum Gasteiger partial charge on any atom is -0.508 e. The van der Waals surface area contributed by atoms with Gasteiger partial charge in [-0.1, -0.05) is 6.92 Å². The molecular weight excluding hydrogens is 164 g/mol. The molecular formula is C11H14O2. The SMILES string of the molecule is CC1CCC1Oc1ccc(O)cc1. The van der Waals surface area contributed by atoms with E-state index < -0.39 is 0 Å². The first kappa shape index (κ1) is 8.42. The highest BCUT2D eigenvalue weighted by Crippen LogP contribution is 2.31. The number of benzene rings is 1. The molecule has 0 aliphatic heterocycles.